The number of benzene rings is 1. The Morgan fingerprint density at radius 3 is 2.72 bits per heavy atom. The van der Waals surface area contributed by atoms with E-state index in [2.05, 4.69) is 12.2 Å². The predicted octanol–water partition coefficient (Wildman–Crippen LogP) is 3.19. The van der Waals surface area contributed by atoms with Crippen LogP contribution in [0, 0.1) is 0 Å². The van der Waals surface area contributed by atoms with Gasteiger partial charge in [0, 0.05) is 12.1 Å². The van der Waals surface area contributed by atoms with E-state index in [1.807, 2.05) is 0 Å². The molecule has 3 N–H and O–H groups in total. The summed E-state index contributed by atoms with van der Waals surface area (Å²) in [7, 11) is 1.57. The lowest BCUT2D eigenvalue weighted by atomic mass is 10.1. The highest BCUT2D eigenvalue weighted by atomic mass is 16.5. The van der Waals surface area contributed by atoms with E-state index in [1.54, 1.807) is 25.3 Å². The number of anilines is 2. The van der Waals surface area contributed by atoms with Gasteiger partial charge in [-0.3, -0.25) is 4.79 Å². The summed E-state index contributed by atoms with van der Waals surface area (Å²) >= 11 is 0. The van der Waals surface area contributed by atoms with Gasteiger partial charge in [-0.1, -0.05) is 26.2 Å². The van der Waals surface area contributed by atoms with Gasteiger partial charge in [-0.15, -0.1) is 0 Å². The minimum absolute atomic E-state index is 0.0377. The van der Waals surface area contributed by atoms with Gasteiger partial charge in [0.05, 0.1) is 12.8 Å². The highest BCUT2D eigenvalue weighted by Crippen LogP contribution is 2.24. The van der Waals surface area contributed by atoms with Crippen molar-refractivity contribution in [2.24, 2.45) is 0 Å². The fraction of sp³-hybridized carbons (Fsp3) is 0.500. The summed E-state index contributed by atoms with van der Waals surface area (Å²) in [6.45, 7) is 2.15. The number of nitrogens with two attached hydrogens (primary N) is 1. The Morgan fingerprint density at radius 2 is 2.11 bits per heavy atom. The minimum atomic E-state index is 0.0377. The summed E-state index contributed by atoms with van der Waals surface area (Å²) in [5.74, 6) is 0.659. The lowest BCUT2D eigenvalue weighted by Gasteiger charge is -2.08. The van der Waals surface area contributed by atoms with Crippen LogP contribution in [0.1, 0.15) is 39.0 Å². The van der Waals surface area contributed by atoms with E-state index in [1.165, 1.54) is 12.8 Å². The maximum Gasteiger partial charge on any atom is 0.224 e. The lowest BCUT2D eigenvalue weighted by molar-refractivity contribution is -0.116. The van der Waals surface area contributed by atoms with Gasteiger partial charge < -0.3 is 15.8 Å². The van der Waals surface area contributed by atoms with E-state index in [0.717, 1.165) is 12.8 Å². The molecule has 4 nitrogen and oxygen atoms in total. The second-order valence-electron chi connectivity index (χ2n) is 4.32. The highest BCUT2D eigenvalue weighted by Gasteiger charge is 2.04. The maximum atomic E-state index is 11.7. The van der Waals surface area contributed by atoms with Crippen LogP contribution in [0.5, 0.6) is 5.75 Å². The molecule has 0 atom stereocenters. The van der Waals surface area contributed by atoms with Crippen LogP contribution in [0.25, 0.3) is 0 Å². The Bertz CT molecular complexity index is 391. The van der Waals surface area contributed by atoms with E-state index in [0.29, 0.717) is 23.5 Å². The van der Waals surface area contributed by atoms with Crippen LogP contribution < -0.4 is 15.8 Å². The average molecular weight is 250 g/mol. The van der Waals surface area contributed by atoms with Crippen LogP contribution in [-0.4, -0.2) is 13.0 Å². The van der Waals surface area contributed by atoms with Crippen LogP contribution in [0.4, 0.5) is 11.4 Å². The molecule has 1 rings (SSSR count). The first-order valence-corrected chi connectivity index (χ1v) is 6.40. The number of hydrogen-bond acceptors (Lipinski definition) is 3. The minimum Gasteiger partial charge on any atom is -0.495 e. The molecular weight excluding hydrogens is 228 g/mol. The fourth-order valence-electron chi connectivity index (χ4n) is 1.75. The summed E-state index contributed by atoms with van der Waals surface area (Å²) in [6.07, 6.45) is 4.96. The standard InChI is InChI=1S/C14H22N2O2/c1-3-4-5-6-7-14(17)16-11-8-9-13(18-2)12(15)10-11/h8-10H,3-7,15H2,1-2H3,(H,16,17). The van der Waals surface area contributed by atoms with Crippen LogP contribution in [0.3, 0.4) is 0 Å². The van der Waals surface area contributed by atoms with Crippen LogP contribution >= 0.6 is 0 Å². The Balaban J connectivity index is 2.42. The first-order chi connectivity index (χ1) is 8.67. The molecule has 1 aromatic carbocycles. The number of nitrogens with one attached hydrogen (secondary N) is 1. The Kier molecular flexibility index (Phi) is 6.05. The van der Waals surface area contributed by atoms with Gasteiger partial charge in [-0.25, -0.2) is 0 Å². The van der Waals surface area contributed by atoms with Crippen LogP contribution in [0.2, 0.25) is 0 Å². The third kappa shape index (κ3) is 4.65. The average Bonchev–Trinajstić information content (AvgIpc) is 2.35. The van der Waals surface area contributed by atoms with E-state index in [4.69, 9.17) is 10.5 Å². The van der Waals surface area contributed by atoms with Crippen molar-refractivity contribution >= 4 is 17.3 Å². The number of methoxy groups -OCH3 is 1. The number of carbonyl (C=O) groups is 1. The molecule has 1 aromatic rings. The van der Waals surface area contributed by atoms with E-state index < -0.39 is 0 Å². The summed E-state index contributed by atoms with van der Waals surface area (Å²) < 4.78 is 5.06. The van der Waals surface area contributed by atoms with E-state index in [-0.39, 0.29) is 5.91 Å². The van der Waals surface area contributed by atoms with Gasteiger partial charge in [0.15, 0.2) is 0 Å². The number of ether oxygens (including phenoxy) is 1. The second kappa shape index (κ2) is 7.58. The van der Waals surface area contributed by atoms with Crippen LogP contribution in [-0.2, 0) is 4.79 Å². The van der Waals surface area contributed by atoms with Gasteiger partial charge in [0.25, 0.3) is 0 Å². The fourth-order valence-corrected chi connectivity index (χ4v) is 1.75. The highest BCUT2D eigenvalue weighted by molar-refractivity contribution is 5.91. The molecule has 100 valence electrons. The molecule has 0 radical (unpaired) electrons. The van der Waals surface area contributed by atoms with Crippen molar-refractivity contribution in [2.75, 3.05) is 18.2 Å². The van der Waals surface area contributed by atoms with Gasteiger partial charge in [-0.2, -0.15) is 0 Å². The first kappa shape index (κ1) is 14.4. The van der Waals surface area contributed by atoms with Crippen LogP contribution in [0.15, 0.2) is 18.2 Å². The van der Waals surface area contributed by atoms with Gasteiger partial charge in [0.2, 0.25) is 5.91 Å². The molecule has 0 unspecified atom stereocenters. The molecule has 0 bridgehead atoms. The third-order valence-corrected chi connectivity index (χ3v) is 2.77. The maximum absolute atomic E-state index is 11.7. The molecule has 1 amide bonds. The third-order valence-electron chi connectivity index (χ3n) is 2.77. The molecule has 4 heteroatoms. The van der Waals surface area contributed by atoms with Crippen molar-refractivity contribution < 1.29 is 9.53 Å². The summed E-state index contributed by atoms with van der Waals surface area (Å²) in [4.78, 5) is 11.7. The molecule has 0 fully saturated rings. The molecular formula is C14H22N2O2. The lowest BCUT2D eigenvalue weighted by Crippen LogP contribution is -2.11. The summed E-state index contributed by atoms with van der Waals surface area (Å²) in [5, 5.41) is 2.84. The predicted molar refractivity (Wildman–Crippen MR) is 74.8 cm³/mol. The number of rotatable bonds is 7. The largest absolute Gasteiger partial charge is 0.495 e. The Hall–Kier alpha value is -1.71. The second-order valence-corrected chi connectivity index (χ2v) is 4.32. The number of unbranched alkanes of at least 4 members (excludes halogenated alkanes) is 3. The van der Waals surface area contributed by atoms with Crippen molar-refractivity contribution in [2.45, 2.75) is 39.0 Å². The number of amides is 1. The first-order valence-electron chi connectivity index (χ1n) is 6.40. The zero-order chi connectivity index (χ0) is 13.4. The zero-order valence-electron chi connectivity index (χ0n) is 11.2. The molecule has 0 heterocycles. The van der Waals surface area contributed by atoms with Crippen molar-refractivity contribution in [3.63, 3.8) is 0 Å². The molecule has 0 aromatic heterocycles. The SMILES string of the molecule is CCCCCCC(=O)Nc1ccc(OC)c(N)c1. The number of nitrogen functional groups attached to an aromatic ring is 1. The molecule has 0 saturated heterocycles. The molecule has 18 heavy (non-hydrogen) atoms. The molecule has 0 saturated carbocycles. The molecule has 0 aliphatic rings. The summed E-state index contributed by atoms with van der Waals surface area (Å²) in [5.41, 5.74) is 7.02. The van der Waals surface area contributed by atoms with Crippen molar-refractivity contribution in [3.05, 3.63) is 18.2 Å². The van der Waals surface area contributed by atoms with Crippen molar-refractivity contribution in [1.29, 1.82) is 0 Å². The molecule has 0 spiro atoms. The Morgan fingerprint density at radius 1 is 1.33 bits per heavy atom. The van der Waals surface area contributed by atoms with E-state index in [9.17, 15) is 4.79 Å². The topological polar surface area (TPSA) is 64.3 Å². The van der Waals surface area contributed by atoms with Crippen molar-refractivity contribution in [3.8, 4) is 5.75 Å². The quantitative estimate of drug-likeness (QED) is 0.577. The molecule has 0 aliphatic carbocycles. The zero-order valence-corrected chi connectivity index (χ0v) is 11.2. The van der Waals surface area contributed by atoms with Crippen molar-refractivity contribution in [1.82, 2.24) is 0 Å². The van der Waals surface area contributed by atoms with Gasteiger partial charge >= 0.3 is 0 Å². The molecule has 0 aliphatic heterocycles. The number of carbonyl (C=O) groups excluding carboxylic acids is 1. The normalized spacial score (nSPS) is 10.1. The smallest absolute Gasteiger partial charge is 0.224 e. The van der Waals surface area contributed by atoms with Gasteiger partial charge in [-0.05, 0) is 24.6 Å². The number of hydrogen-bond donors (Lipinski definition) is 2. The van der Waals surface area contributed by atoms with Gasteiger partial charge in [0.1, 0.15) is 5.75 Å². The Labute approximate surface area is 109 Å². The summed E-state index contributed by atoms with van der Waals surface area (Å²) in [6, 6.07) is 5.25. The van der Waals surface area contributed by atoms with E-state index >= 15 is 0 Å². The monoisotopic (exact) mass is 250 g/mol.